The van der Waals surface area contributed by atoms with Gasteiger partial charge in [0, 0.05) is 18.8 Å². The van der Waals surface area contributed by atoms with Gasteiger partial charge in [-0.2, -0.15) is 0 Å². The summed E-state index contributed by atoms with van der Waals surface area (Å²) in [6.45, 7) is 5.59. The standard InChI is InChI=1S/C14H19NO/c1-11(2)6-8-15-9-7-12-4-5-13(16-3)10-14(12)15/h4-5,7,9-11H,6,8H2,1-3H3. The van der Waals surface area contributed by atoms with Crippen LogP contribution in [0.15, 0.2) is 30.5 Å². The molecule has 0 saturated carbocycles. The molecule has 1 aromatic heterocycles. The molecule has 0 fully saturated rings. The van der Waals surface area contributed by atoms with Crippen LogP contribution in [0.5, 0.6) is 5.75 Å². The highest BCUT2D eigenvalue weighted by atomic mass is 16.5. The van der Waals surface area contributed by atoms with Gasteiger partial charge in [-0.15, -0.1) is 0 Å². The van der Waals surface area contributed by atoms with Crippen LogP contribution in [0.4, 0.5) is 0 Å². The number of nitrogens with zero attached hydrogens (tertiary/aromatic N) is 1. The second kappa shape index (κ2) is 4.60. The van der Waals surface area contributed by atoms with Crippen molar-refractivity contribution in [1.29, 1.82) is 0 Å². The van der Waals surface area contributed by atoms with E-state index >= 15 is 0 Å². The van der Waals surface area contributed by atoms with Crippen molar-refractivity contribution < 1.29 is 4.74 Å². The number of hydrogen-bond acceptors (Lipinski definition) is 1. The first-order chi connectivity index (χ1) is 7.70. The minimum atomic E-state index is 0.739. The first-order valence-corrected chi connectivity index (χ1v) is 5.83. The molecule has 0 spiro atoms. The zero-order valence-electron chi connectivity index (χ0n) is 10.2. The van der Waals surface area contributed by atoms with E-state index in [0.717, 1.165) is 18.2 Å². The number of hydrogen-bond donors (Lipinski definition) is 0. The Balaban J connectivity index is 2.30. The van der Waals surface area contributed by atoms with Gasteiger partial charge in [-0.3, -0.25) is 0 Å². The summed E-state index contributed by atoms with van der Waals surface area (Å²) in [4.78, 5) is 0. The van der Waals surface area contributed by atoms with E-state index in [9.17, 15) is 0 Å². The Bertz CT molecular complexity index is 471. The van der Waals surface area contributed by atoms with Crippen LogP contribution in [0, 0.1) is 5.92 Å². The molecule has 0 atom stereocenters. The topological polar surface area (TPSA) is 14.2 Å². The summed E-state index contributed by atoms with van der Waals surface area (Å²) in [5, 5.41) is 1.28. The van der Waals surface area contributed by atoms with Crippen LogP contribution in [0.1, 0.15) is 20.3 Å². The molecule has 2 heteroatoms. The van der Waals surface area contributed by atoms with Gasteiger partial charge in [0.05, 0.1) is 12.6 Å². The van der Waals surface area contributed by atoms with Crippen LogP contribution in [-0.4, -0.2) is 11.7 Å². The molecule has 86 valence electrons. The summed E-state index contributed by atoms with van der Waals surface area (Å²) in [6, 6.07) is 8.39. The molecule has 1 heterocycles. The molecule has 0 amide bonds. The van der Waals surface area contributed by atoms with E-state index in [4.69, 9.17) is 4.74 Å². The van der Waals surface area contributed by atoms with Crippen LogP contribution < -0.4 is 4.74 Å². The quantitative estimate of drug-likeness (QED) is 0.761. The molecule has 0 saturated heterocycles. The molecule has 0 aliphatic carbocycles. The number of aryl methyl sites for hydroxylation is 1. The maximum atomic E-state index is 5.26. The summed E-state index contributed by atoms with van der Waals surface area (Å²) in [7, 11) is 1.71. The van der Waals surface area contributed by atoms with E-state index in [-0.39, 0.29) is 0 Å². The molecule has 16 heavy (non-hydrogen) atoms. The smallest absolute Gasteiger partial charge is 0.120 e. The third-order valence-corrected chi connectivity index (χ3v) is 2.93. The van der Waals surface area contributed by atoms with E-state index in [2.05, 4.69) is 42.8 Å². The lowest BCUT2D eigenvalue weighted by Gasteiger charge is -2.08. The molecular weight excluding hydrogens is 198 g/mol. The molecule has 0 unspecified atom stereocenters. The largest absolute Gasteiger partial charge is 0.497 e. The predicted octanol–water partition coefficient (Wildman–Crippen LogP) is 3.70. The van der Waals surface area contributed by atoms with Gasteiger partial charge in [-0.05, 0) is 35.9 Å². The van der Waals surface area contributed by atoms with Gasteiger partial charge in [0.1, 0.15) is 5.75 Å². The molecule has 1 aromatic carbocycles. The molecule has 0 radical (unpaired) electrons. The highest BCUT2D eigenvalue weighted by Crippen LogP contribution is 2.22. The molecule has 0 bridgehead atoms. The SMILES string of the molecule is COc1ccc2ccn(CCC(C)C)c2c1. The van der Waals surface area contributed by atoms with Crippen molar-refractivity contribution in [3.05, 3.63) is 30.5 Å². The number of ether oxygens (including phenoxy) is 1. The molecule has 2 rings (SSSR count). The van der Waals surface area contributed by atoms with Crippen LogP contribution in [0.2, 0.25) is 0 Å². The van der Waals surface area contributed by atoms with E-state index in [1.165, 1.54) is 17.3 Å². The van der Waals surface area contributed by atoms with E-state index in [1.807, 2.05) is 6.07 Å². The van der Waals surface area contributed by atoms with Crippen LogP contribution in [-0.2, 0) is 6.54 Å². The van der Waals surface area contributed by atoms with Crippen molar-refractivity contribution in [2.75, 3.05) is 7.11 Å². The monoisotopic (exact) mass is 217 g/mol. The lowest BCUT2D eigenvalue weighted by molar-refractivity contribution is 0.415. The van der Waals surface area contributed by atoms with Crippen molar-refractivity contribution in [2.45, 2.75) is 26.8 Å². The van der Waals surface area contributed by atoms with Crippen LogP contribution in [0.25, 0.3) is 10.9 Å². The van der Waals surface area contributed by atoms with E-state index in [0.29, 0.717) is 0 Å². The summed E-state index contributed by atoms with van der Waals surface area (Å²) >= 11 is 0. The normalized spacial score (nSPS) is 11.2. The van der Waals surface area contributed by atoms with Crippen molar-refractivity contribution in [3.63, 3.8) is 0 Å². The van der Waals surface area contributed by atoms with Crippen molar-refractivity contribution in [3.8, 4) is 5.75 Å². The molecule has 0 N–H and O–H groups in total. The summed E-state index contributed by atoms with van der Waals surface area (Å²) in [6.07, 6.45) is 3.37. The average molecular weight is 217 g/mol. The Labute approximate surface area is 96.8 Å². The maximum absolute atomic E-state index is 5.26. The van der Waals surface area contributed by atoms with E-state index in [1.54, 1.807) is 7.11 Å². The fraction of sp³-hybridized carbons (Fsp3) is 0.429. The zero-order valence-corrected chi connectivity index (χ0v) is 10.2. The number of fused-ring (bicyclic) bond motifs is 1. The second-order valence-electron chi connectivity index (χ2n) is 4.62. The minimum absolute atomic E-state index is 0.739. The molecular formula is C14H19NO. The molecule has 2 aromatic rings. The summed E-state index contributed by atoms with van der Waals surface area (Å²) in [5.41, 5.74) is 1.26. The van der Waals surface area contributed by atoms with Crippen LogP contribution >= 0.6 is 0 Å². The third-order valence-electron chi connectivity index (χ3n) is 2.93. The zero-order chi connectivity index (χ0) is 11.5. The fourth-order valence-electron chi connectivity index (χ4n) is 1.88. The lowest BCUT2D eigenvalue weighted by atomic mass is 10.1. The fourth-order valence-corrected chi connectivity index (χ4v) is 1.88. The van der Waals surface area contributed by atoms with Gasteiger partial charge in [0.25, 0.3) is 0 Å². The maximum Gasteiger partial charge on any atom is 0.120 e. The van der Waals surface area contributed by atoms with Crippen molar-refractivity contribution in [2.24, 2.45) is 5.92 Å². The summed E-state index contributed by atoms with van der Waals surface area (Å²) in [5.74, 6) is 1.67. The predicted molar refractivity (Wildman–Crippen MR) is 67.9 cm³/mol. The van der Waals surface area contributed by atoms with Gasteiger partial charge in [-0.25, -0.2) is 0 Å². The molecule has 0 aliphatic rings. The first-order valence-electron chi connectivity index (χ1n) is 5.83. The number of aromatic nitrogens is 1. The second-order valence-corrected chi connectivity index (χ2v) is 4.62. The molecule has 2 nitrogen and oxygen atoms in total. The Morgan fingerprint density at radius 2 is 2.06 bits per heavy atom. The van der Waals surface area contributed by atoms with Gasteiger partial charge < -0.3 is 9.30 Å². The third kappa shape index (κ3) is 2.21. The Morgan fingerprint density at radius 3 is 2.75 bits per heavy atom. The lowest BCUT2D eigenvalue weighted by Crippen LogP contribution is -1.99. The van der Waals surface area contributed by atoms with Crippen LogP contribution in [0.3, 0.4) is 0 Å². The minimum Gasteiger partial charge on any atom is -0.497 e. The highest BCUT2D eigenvalue weighted by molar-refractivity contribution is 5.81. The van der Waals surface area contributed by atoms with Crippen molar-refractivity contribution >= 4 is 10.9 Å². The first kappa shape index (κ1) is 11.1. The van der Waals surface area contributed by atoms with Gasteiger partial charge in [0.2, 0.25) is 0 Å². The Morgan fingerprint density at radius 1 is 1.25 bits per heavy atom. The number of methoxy groups -OCH3 is 1. The summed E-state index contributed by atoms with van der Waals surface area (Å²) < 4.78 is 7.56. The van der Waals surface area contributed by atoms with Gasteiger partial charge in [0.15, 0.2) is 0 Å². The van der Waals surface area contributed by atoms with Gasteiger partial charge >= 0.3 is 0 Å². The Hall–Kier alpha value is -1.44. The number of benzene rings is 1. The molecule has 0 aliphatic heterocycles. The average Bonchev–Trinajstić information content (AvgIpc) is 2.68. The van der Waals surface area contributed by atoms with E-state index < -0.39 is 0 Å². The highest BCUT2D eigenvalue weighted by Gasteiger charge is 2.03. The number of rotatable bonds is 4. The van der Waals surface area contributed by atoms with Crippen molar-refractivity contribution in [1.82, 2.24) is 4.57 Å². The Kier molecular flexibility index (Phi) is 3.18. The van der Waals surface area contributed by atoms with Gasteiger partial charge in [-0.1, -0.05) is 13.8 Å².